The second-order valence-corrected chi connectivity index (χ2v) is 9.61. The number of hydrogen-bond acceptors (Lipinski definition) is 8. The molecule has 11 nitrogen and oxygen atoms in total. The first kappa shape index (κ1) is 27.7. The van der Waals surface area contributed by atoms with Crippen LogP contribution < -0.4 is 19.7 Å². The molecule has 11 heteroatoms. The minimum atomic E-state index is -0.295. The molecule has 208 valence electrons. The van der Waals surface area contributed by atoms with E-state index in [1.54, 1.807) is 32.6 Å². The van der Waals surface area contributed by atoms with Crippen LogP contribution in [0.4, 0.5) is 10.6 Å². The van der Waals surface area contributed by atoms with Gasteiger partial charge in [-0.1, -0.05) is 0 Å². The van der Waals surface area contributed by atoms with Crippen LogP contribution in [-0.2, 0) is 11.3 Å². The van der Waals surface area contributed by atoms with Crippen molar-refractivity contribution in [2.75, 3.05) is 51.8 Å². The Bertz CT molecular complexity index is 1230. The fourth-order valence-electron chi connectivity index (χ4n) is 4.43. The number of aromatic nitrogens is 2. The van der Waals surface area contributed by atoms with Gasteiger partial charge < -0.3 is 33.9 Å². The van der Waals surface area contributed by atoms with Gasteiger partial charge in [0.05, 0.1) is 32.7 Å². The zero-order valence-corrected chi connectivity index (χ0v) is 22.9. The van der Waals surface area contributed by atoms with Crippen LogP contribution in [0.3, 0.4) is 0 Å². The number of ether oxygens (including phenoxy) is 2. The molecule has 0 unspecified atom stereocenters. The van der Waals surface area contributed by atoms with E-state index in [1.807, 2.05) is 49.1 Å². The number of urea groups is 1. The predicted octanol–water partition coefficient (Wildman–Crippen LogP) is 3.41. The highest BCUT2D eigenvalue weighted by Crippen LogP contribution is 2.31. The number of rotatable bonds is 9. The molecule has 3 aromatic rings. The largest absolute Gasteiger partial charge is 0.493 e. The summed E-state index contributed by atoms with van der Waals surface area (Å²) in [6.07, 6.45) is 2.34. The fourth-order valence-corrected chi connectivity index (χ4v) is 4.43. The summed E-state index contributed by atoms with van der Waals surface area (Å²) in [4.78, 5) is 31.4. The molecule has 0 bridgehead atoms. The van der Waals surface area contributed by atoms with Crippen LogP contribution in [0.1, 0.15) is 26.0 Å². The quantitative estimate of drug-likeness (QED) is 0.443. The lowest BCUT2D eigenvalue weighted by Gasteiger charge is -2.27. The molecule has 3 amide bonds. The third kappa shape index (κ3) is 7.18. The Morgan fingerprint density at radius 2 is 1.85 bits per heavy atom. The van der Waals surface area contributed by atoms with Crippen LogP contribution in [-0.4, -0.2) is 84.9 Å². The van der Waals surface area contributed by atoms with E-state index in [9.17, 15) is 9.59 Å². The number of nitrogens with zero attached hydrogens (tertiary/aromatic N) is 5. The van der Waals surface area contributed by atoms with E-state index in [4.69, 9.17) is 13.9 Å². The van der Waals surface area contributed by atoms with E-state index in [-0.39, 0.29) is 31.1 Å². The van der Waals surface area contributed by atoms with Crippen molar-refractivity contribution in [3.63, 3.8) is 0 Å². The summed E-state index contributed by atoms with van der Waals surface area (Å²) in [5, 5.41) is 11.8. The van der Waals surface area contributed by atoms with Gasteiger partial charge in [0.1, 0.15) is 12.3 Å². The second-order valence-electron chi connectivity index (χ2n) is 9.61. The standard InChI is InChI=1S/C28H36N6O5/c1-20(2)29-28(36)34(18-22-7-5-16-39-22)19-27(35)33-13-6-12-32(14-15-33)26-11-9-23(30-31-26)21-8-10-24(37-3)25(17-21)38-4/h5,7-11,16-17,20H,6,12-15,18-19H2,1-4H3,(H,29,36). The summed E-state index contributed by atoms with van der Waals surface area (Å²) in [6.45, 7) is 6.46. The van der Waals surface area contributed by atoms with Crippen LogP contribution in [0.15, 0.2) is 53.1 Å². The summed E-state index contributed by atoms with van der Waals surface area (Å²) < 4.78 is 16.1. The molecule has 1 aromatic carbocycles. The van der Waals surface area contributed by atoms with Gasteiger partial charge in [0, 0.05) is 37.8 Å². The molecular weight excluding hydrogens is 500 g/mol. The molecule has 1 fully saturated rings. The van der Waals surface area contributed by atoms with Gasteiger partial charge in [-0.3, -0.25) is 4.79 Å². The highest BCUT2D eigenvalue weighted by molar-refractivity contribution is 5.84. The van der Waals surface area contributed by atoms with Crippen molar-refractivity contribution in [1.82, 2.24) is 25.3 Å². The lowest BCUT2D eigenvalue weighted by Crippen LogP contribution is -2.48. The Kier molecular flexibility index (Phi) is 9.24. The van der Waals surface area contributed by atoms with Gasteiger partial charge in [-0.2, -0.15) is 0 Å². The third-order valence-electron chi connectivity index (χ3n) is 6.45. The van der Waals surface area contributed by atoms with Crippen LogP contribution in [0, 0.1) is 0 Å². The molecule has 0 atom stereocenters. The normalized spacial score (nSPS) is 13.7. The number of amides is 3. The van der Waals surface area contributed by atoms with Crippen molar-refractivity contribution < 1.29 is 23.5 Å². The molecule has 2 aromatic heterocycles. The number of nitrogens with one attached hydrogen (secondary N) is 1. The number of benzene rings is 1. The number of furan rings is 1. The maximum absolute atomic E-state index is 13.2. The summed E-state index contributed by atoms with van der Waals surface area (Å²) in [5.74, 6) is 2.56. The lowest BCUT2D eigenvalue weighted by atomic mass is 10.1. The molecule has 0 radical (unpaired) electrons. The molecule has 1 N–H and O–H groups in total. The van der Waals surface area contributed by atoms with Gasteiger partial charge in [0.25, 0.3) is 0 Å². The summed E-state index contributed by atoms with van der Waals surface area (Å²) in [5.41, 5.74) is 1.60. The molecule has 3 heterocycles. The number of hydrogen-bond donors (Lipinski definition) is 1. The van der Waals surface area contributed by atoms with Crippen LogP contribution in [0.5, 0.6) is 11.5 Å². The van der Waals surface area contributed by atoms with Crippen molar-refractivity contribution in [3.8, 4) is 22.8 Å². The predicted molar refractivity (Wildman–Crippen MR) is 147 cm³/mol. The van der Waals surface area contributed by atoms with Gasteiger partial charge in [0.2, 0.25) is 5.91 Å². The first-order chi connectivity index (χ1) is 18.9. The summed E-state index contributed by atoms with van der Waals surface area (Å²) in [7, 11) is 3.20. The van der Waals surface area contributed by atoms with Gasteiger partial charge in [0.15, 0.2) is 17.3 Å². The maximum atomic E-state index is 13.2. The number of methoxy groups -OCH3 is 2. The van der Waals surface area contributed by atoms with E-state index in [0.29, 0.717) is 36.9 Å². The first-order valence-corrected chi connectivity index (χ1v) is 13.0. The molecule has 4 rings (SSSR count). The van der Waals surface area contributed by atoms with Crippen molar-refractivity contribution in [3.05, 3.63) is 54.5 Å². The van der Waals surface area contributed by atoms with E-state index < -0.39 is 0 Å². The summed E-state index contributed by atoms with van der Waals surface area (Å²) in [6, 6.07) is 12.7. The summed E-state index contributed by atoms with van der Waals surface area (Å²) >= 11 is 0. The Balaban J connectivity index is 1.38. The minimum Gasteiger partial charge on any atom is -0.493 e. The number of anilines is 1. The Morgan fingerprint density at radius 3 is 2.51 bits per heavy atom. The van der Waals surface area contributed by atoms with Crippen molar-refractivity contribution >= 4 is 17.8 Å². The minimum absolute atomic E-state index is 0.0287. The SMILES string of the molecule is COc1ccc(-c2ccc(N3CCCN(C(=O)CN(Cc4ccco4)C(=O)NC(C)C)CC3)nn2)cc1OC. The van der Waals surface area contributed by atoms with E-state index in [0.717, 1.165) is 30.0 Å². The smallest absolute Gasteiger partial charge is 0.318 e. The zero-order valence-electron chi connectivity index (χ0n) is 22.9. The maximum Gasteiger partial charge on any atom is 0.318 e. The molecule has 39 heavy (non-hydrogen) atoms. The molecule has 0 aliphatic carbocycles. The number of carbonyl (C=O) groups excluding carboxylic acids is 2. The fraction of sp³-hybridized carbons (Fsp3) is 0.429. The van der Waals surface area contributed by atoms with Crippen molar-refractivity contribution in [1.29, 1.82) is 0 Å². The lowest BCUT2D eigenvalue weighted by molar-refractivity contribution is -0.131. The Hall–Kier alpha value is -4.28. The van der Waals surface area contributed by atoms with Gasteiger partial charge in [-0.25, -0.2) is 4.79 Å². The van der Waals surface area contributed by atoms with Crippen LogP contribution >= 0.6 is 0 Å². The molecular formula is C28H36N6O5. The van der Waals surface area contributed by atoms with E-state index >= 15 is 0 Å². The van der Waals surface area contributed by atoms with Crippen LogP contribution in [0.25, 0.3) is 11.3 Å². The molecule has 0 spiro atoms. The first-order valence-electron chi connectivity index (χ1n) is 13.0. The zero-order chi connectivity index (χ0) is 27.8. The topological polar surface area (TPSA) is 113 Å². The van der Waals surface area contributed by atoms with E-state index in [2.05, 4.69) is 20.4 Å². The molecule has 1 saturated heterocycles. The van der Waals surface area contributed by atoms with Crippen molar-refractivity contribution in [2.45, 2.75) is 32.9 Å². The molecule has 1 aliphatic heterocycles. The Labute approximate surface area is 228 Å². The van der Waals surface area contributed by atoms with E-state index in [1.165, 1.54) is 4.90 Å². The van der Waals surface area contributed by atoms with Crippen molar-refractivity contribution in [2.24, 2.45) is 0 Å². The average Bonchev–Trinajstić information content (AvgIpc) is 3.33. The monoisotopic (exact) mass is 536 g/mol. The molecule has 1 aliphatic rings. The van der Waals surface area contributed by atoms with Gasteiger partial charge >= 0.3 is 6.03 Å². The molecule has 0 saturated carbocycles. The third-order valence-corrected chi connectivity index (χ3v) is 6.45. The number of carbonyl (C=O) groups is 2. The average molecular weight is 537 g/mol. The van der Waals surface area contributed by atoms with Gasteiger partial charge in [-0.05, 0) is 62.7 Å². The highest BCUT2D eigenvalue weighted by Gasteiger charge is 2.25. The van der Waals surface area contributed by atoms with Gasteiger partial charge in [-0.15, -0.1) is 10.2 Å². The second kappa shape index (κ2) is 13.0. The highest BCUT2D eigenvalue weighted by atomic mass is 16.5. The Morgan fingerprint density at radius 1 is 1.03 bits per heavy atom. The van der Waals surface area contributed by atoms with Crippen LogP contribution in [0.2, 0.25) is 0 Å².